The largest absolute Gasteiger partial charge is 0.465 e. The van der Waals surface area contributed by atoms with Gasteiger partial charge in [0.25, 0.3) is 0 Å². The zero-order valence-corrected chi connectivity index (χ0v) is 15.6. The number of hydrogen-bond donors (Lipinski definition) is 1. The second-order valence-corrected chi connectivity index (χ2v) is 7.48. The van der Waals surface area contributed by atoms with E-state index < -0.39 is 5.97 Å². The normalized spacial score (nSPS) is 10.5. The number of anilines is 1. The first-order valence-electron chi connectivity index (χ1n) is 7.48. The minimum absolute atomic E-state index is 0.102. The first-order chi connectivity index (χ1) is 11.5. The summed E-state index contributed by atoms with van der Waals surface area (Å²) in [5, 5.41) is 3.40. The van der Waals surface area contributed by atoms with Crippen molar-refractivity contribution < 1.29 is 14.3 Å². The summed E-state index contributed by atoms with van der Waals surface area (Å²) in [6, 6.07) is 5.80. The van der Waals surface area contributed by atoms with Gasteiger partial charge in [0.1, 0.15) is 5.00 Å². The lowest BCUT2D eigenvalue weighted by Crippen LogP contribution is -2.14. The Balaban J connectivity index is 1.86. The molecule has 2 aromatic heterocycles. The summed E-state index contributed by atoms with van der Waals surface area (Å²) < 4.78 is 4.81. The summed E-state index contributed by atoms with van der Waals surface area (Å²) in [7, 11) is 1.34. The molecule has 0 bridgehead atoms. The van der Waals surface area contributed by atoms with E-state index in [4.69, 9.17) is 4.74 Å². The van der Waals surface area contributed by atoms with Crippen LogP contribution in [0.5, 0.6) is 0 Å². The van der Waals surface area contributed by atoms with E-state index in [1.807, 2.05) is 32.0 Å². The number of thiophene rings is 1. The number of hydrogen-bond acceptors (Lipinski definition) is 6. The van der Waals surface area contributed by atoms with Crippen LogP contribution in [0, 0.1) is 13.8 Å². The van der Waals surface area contributed by atoms with E-state index >= 15 is 0 Å². The molecule has 2 heterocycles. The summed E-state index contributed by atoms with van der Waals surface area (Å²) >= 11 is 3.06. The summed E-state index contributed by atoms with van der Waals surface area (Å²) in [5.74, 6) is 0.949. The smallest absolute Gasteiger partial charge is 0.341 e. The van der Waals surface area contributed by atoms with Crippen molar-refractivity contribution >= 4 is 40.0 Å². The molecule has 0 atom stereocenters. The average Bonchev–Trinajstić information content (AvgIpc) is 2.86. The molecule has 0 unspecified atom stereocenters. The average molecular weight is 364 g/mol. The molecule has 2 aromatic rings. The second-order valence-electron chi connectivity index (χ2n) is 5.15. The van der Waals surface area contributed by atoms with Crippen molar-refractivity contribution in [2.24, 2.45) is 0 Å². The summed E-state index contributed by atoms with van der Waals surface area (Å²) in [4.78, 5) is 29.3. The second kappa shape index (κ2) is 8.84. The van der Waals surface area contributed by atoms with E-state index in [-0.39, 0.29) is 5.91 Å². The van der Waals surface area contributed by atoms with Crippen molar-refractivity contribution in [3.8, 4) is 0 Å². The van der Waals surface area contributed by atoms with Crippen LogP contribution < -0.4 is 5.32 Å². The van der Waals surface area contributed by atoms with Gasteiger partial charge in [-0.25, -0.2) is 4.79 Å². The fourth-order valence-corrected chi connectivity index (χ4v) is 4.00. The van der Waals surface area contributed by atoms with Gasteiger partial charge in [-0.1, -0.05) is 6.07 Å². The van der Waals surface area contributed by atoms with E-state index in [0.29, 0.717) is 22.7 Å². The zero-order valence-electron chi connectivity index (χ0n) is 13.9. The number of esters is 1. The van der Waals surface area contributed by atoms with Crippen LogP contribution in [0.4, 0.5) is 5.00 Å². The molecule has 0 fully saturated rings. The van der Waals surface area contributed by atoms with Gasteiger partial charge in [-0.05, 0) is 31.5 Å². The molecular weight excluding hydrogens is 344 g/mol. The van der Waals surface area contributed by atoms with E-state index in [9.17, 15) is 9.59 Å². The first-order valence-corrected chi connectivity index (χ1v) is 9.46. The maximum atomic E-state index is 12.1. The van der Waals surface area contributed by atoms with Crippen LogP contribution >= 0.6 is 23.1 Å². The van der Waals surface area contributed by atoms with E-state index in [1.165, 1.54) is 18.4 Å². The third-order valence-corrected chi connectivity index (χ3v) is 5.59. The Morgan fingerprint density at radius 2 is 2.12 bits per heavy atom. The van der Waals surface area contributed by atoms with E-state index in [2.05, 4.69) is 10.3 Å². The summed E-state index contributed by atoms with van der Waals surface area (Å²) in [6.45, 7) is 3.78. The number of nitrogens with zero attached hydrogens (tertiary/aromatic N) is 1. The van der Waals surface area contributed by atoms with Crippen LogP contribution in [0.2, 0.25) is 0 Å². The van der Waals surface area contributed by atoms with Crippen LogP contribution in [-0.4, -0.2) is 29.7 Å². The number of methoxy groups -OCH3 is 1. The van der Waals surface area contributed by atoms with Crippen molar-refractivity contribution in [3.63, 3.8) is 0 Å². The minimum atomic E-state index is -0.420. The SMILES string of the molecule is COC(=O)c1c(NC(=O)CCSCc2ccccn2)sc(C)c1C. The topological polar surface area (TPSA) is 68.3 Å². The van der Waals surface area contributed by atoms with Gasteiger partial charge in [-0.15, -0.1) is 11.3 Å². The lowest BCUT2D eigenvalue weighted by Gasteiger charge is -2.06. The van der Waals surface area contributed by atoms with Gasteiger partial charge >= 0.3 is 5.97 Å². The maximum Gasteiger partial charge on any atom is 0.341 e. The first kappa shape index (κ1) is 18.5. The van der Waals surface area contributed by atoms with Gasteiger partial charge in [0.05, 0.1) is 18.4 Å². The fourth-order valence-electron chi connectivity index (χ4n) is 2.08. The van der Waals surface area contributed by atoms with Crippen LogP contribution in [0.3, 0.4) is 0 Å². The number of thioether (sulfide) groups is 1. The van der Waals surface area contributed by atoms with Gasteiger partial charge < -0.3 is 10.1 Å². The van der Waals surface area contributed by atoms with Crippen LogP contribution in [0.25, 0.3) is 0 Å². The fraction of sp³-hybridized carbons (Fsp3) is 0.353. The molecule has 0 aliphatic carbocycles. The molecular formula is C17H20N2O3S2. The van der Waals surface area contributed by atoms with Crippen molar-refractivity contribution in [1.82, 2.24) is 4.98 Å². The van der Waals surface area contributed by atoms with Crippen LogP contribution in [0.1, 0.15) is 32.9 Å². The predicted molar refractivity (Wildman–Crippen MR) is 98.8 cm³/mol. The number of carbonyl (C=O) groups excluding carboxylic acids is 2. The van der Waals surface area contributed by atoms with Crippen molar-refractivity contribution in [2.75, 3.05) is 18.2 Å². The molecule has 0 radical (unpaired) electrons. The number of ether oxygens (including phenoxy) is 1. The molecule has 5 nitrogen and oxygen atoms in total. The van der Waals surface area contributed by atoms with Gasteiger partial charge in [0.15, 0.2) is 0 Å². The Morgan fingerprint density at radius 3 is 2.79 bits per heavy atom. The highest BCUT2D eigenvalue weighted by atomic mass is 32.2. The van der Waals surface area contributed by atoms with Gasteiger partial charge in [0, 0.05) is 29.0 Å². The zero-order chi connectivity index (χ0) is 17.5. The molecule has 0 aromatic carbocycles. The monoisotopic (exact) mass is 364 g/mol. The van der Waals surface area contributed by atoms with Gasteiger partial charge in [-0.3, -0.25) is 9.78 Å². The molecule has 0 spiro atoms. The molecule has 24 heavy (non-hydrogen) atoms. The maximum absolute atomic E-state index is 12.1. The quantitative estimate of drug-likeness (QED) is 0.598. The Kier molecular flexibility index (Phi) is 6.81. The Bertz CT molecular complexity index is 714. The lowest BCUT2D eigenvalue weighted by molar-refractivity contribution is -0.115. The molecule has 0 aliphatic rings. The van der Waals surface area contributed by atoms with Crippen LogP contribution in [0.15, 0.2) is 24.4 Å². The Labute approximate surface area is 149 Å². The van der Waals surface area contributed by atoms with Crippen LogP contribution in [-0.2, 0) is 15.3 Å². The highest BCUT2D eigenvalue weighted by molar-refractivity contribution is 7.98. The molecule has 2 rings (SSSR count). The lowest BCUT2D eigenvalue weighted by atomic mass is 10.1. The molecule has 0 saturated heterocycles. The van der Waals surface area contributed by atoms with Crippen molar-refractivity contribution in [3.05, 3.63) is 46.1 Å². The number of pyridine rings is 1. The molecule has 7 heteroatoms. The summed E-state index contributed by atoms with van der Waals surface area (Å²) in [6.07, 6.45) is 2.15. The standard InChI is InChI=1S/C17H20N2O3S2/c1-11-12(2)24-16(15(11)17(21)22-3)19-14(20)7-9-23-10-13-6-4-5-8-18-13/h4-6,8H,7,9-10H2,1-3H3,(H,19,20). The number of aromatic nitrogens is 1. The predicted octanol–water partition coefficient (Wildman–Crippen LogP) is 3.81. The number of rotatable bonds is 7. The van der Waals surface area contributed by atoms with Gasteiger partial charge in [-0.2, -0.15) is 11.8 Å². The number of nitrogens with one attached hydrogen (secondary N) is 1. The number of aryl methyl sites for hydroxylation is 1. The highest BCUT2D eigenvalue weighted by Gasteiger charge is 2.21. The highest BCUT2D eigenvalue weighted by Crippen LogP contribution is 2.33. The third-order valence-electron chi connectivity index (χ3n) is 3.48. The van der Waals surface area contributed by atoms with Crippen molar-refractivity contribution in [1.29, 1.82) is 0 Å². The molecule has 1 amide bonds. The molecule has 0 aliphatic heterocycles. The number of carbonyl (C=O) groups is 2. The Morgan fingerprint density at radius 1 is 1.33 bits per heavy atom. The minimum Gasteiger partial charge on any atom is -0.465 e. The third kappa shape index (κ3) is 4.82. The molecule has 0 saturated carbocycles. The molecule has 1 N–H and O–H groups in total. The Hall–Kier alpha value is -1.86. The van der Waals surface area contributed by atoms with E-state index in [1.54, 1.807) is 18.0 Å². The summed E-state index contributed by atoms with van der Waals surface area (Å²) in [5.41, 5.74) is 2.31. The van der Waals surface area contributed by atoms with Gasteiger partial charge in [0.2, 0.25) is 5.91 Å². The van der Waals surface area contributed by atoms with E-state index in [0.717, 1.165) is 21.9 Å². The molecule has 128 valence electrons. The van der Waals surface area contributed by atoms with Crippen molar-refractivity contribution in [2.45, 2.75) is 26.0 Å². The number of amides is 1.